The van der Waals surface area contributed by atoms with Crippen LogP contribution in [0.4, 0.5) is 0 Å². The van der Waals surface area contributed by atoms with Gasteiger partial charge in [0.2, 0.25) is 0 Å². The van der Waals surface area contributed by atoms with Crippen LogP contribution >= 0.6 is 0 Å². The van der Waals surface area contributed by atoms with Crippen molar-refractivity contribution in [1.29, 1.82) is 0 Å². The van der Waals surface area contributed by atoms with Crippen LogP contribution in [0, 0.1) is 11.8 Å². The van der Waals surface area contributed by atoms with E-state index in [1.165, 1.54) is 23.1 Å². The molecule has 1 aromatic rings. The molecular formula is C19H24. The summed E-state index contributed by atoms with van der Waals surface area (Å²) in [7, 11) is 0. The van der Waals surface area contributed by atoms with E-state index in [-0.39, 0.29) is 0 Å². The van der Waals surface area contributed by atoms with Gasteiger partial charge in [-0.25, -0.2) is 0 Å². The Morgan fingerprint density at radius 2 is 1.79 bits per heavy atom. The second kappa shape index (κ2) is 6.56. The molecule has 1 unspecified atom stereocenters. The topological polar surface area (TPSA) is 0 Å². The molecule has 0 N–H and O–H groups in total. The zero-order valence-corrected chi connectivity index (χ0v) is 12.3. The second-order valence-corrected chi connectivity index (χ2v) is 5.80. The lowest BCUT2D eigenvalue weighted by Gasteiger charge is -2.14. The lowest BCUT2D eigenvalue weighted by atomic mass is 9.91. The Labute approximate surface area is 117 Å². The Kier molecular flexibility index (Phi) is 4.79. The van der Waals surface area contributed by atoms with Gasteiger partial charge < -0.3 is 0 Å². The first-order valence-corrected chi connectivity index (χ1v) is 7.29. The maximum Gasteiger partial charge on any atom is -0.00914 e. The Balaban J connectivity index is 1.97. The highest BCUT2D eigenvalue weighted by Crippen LogP contribution is 2.25. The quantitative estimate of drug-likeness (QED) is 0.650. The number of hydrogen-bond acceptors (Lipinski definition) is 0. The summed E-state index contributed by atoms with van der Waals surface area (Å²) in [6.07, 6.45) is 11.5. The molecular weight excluding hydrogens is 228 g/mol. The smallest absolute Gasteiger partial charge is 0.00914 e. The third kappa shape index (κ3) is 3.96. The van der Waals surface area contributed by atoms with E-state index in [2.05, 4.69) is 75.4 Å². The molecule has 19 heavy (non-hydrogen) atoms. The van der Waals surface area contributed by atoms with Gasteiger partial charge in [-0.3, -0.25) is 0 Å². The molecule has 0 aliphatic heterocycles. The first kappa shape index (κ1) is 13.9. The summed E-state index contributed by atoms with van der Waals surface area (Å²) in [5.41, 5.74) is 4.11. The lowest BCUT2D eigenvalue weighted by Crippen LogP contribution is -2.02. The van der Waals surface area contributed by atoms with Crippen LogP contribution in [-0.4, -0.2) is 0 Å². The van der Waals surface area contributed by atoms with Crippen LogP contribution in [0.15, 0.2) is 60.2 Å². The van der Waals surface area contributed by atoms with Gasteiger partial charge in [-0.2, -0.15) is 0 Å². The van der Waals surface area contributed by atoms with E-state index in [0.29, 0.717) is 0 Å². The molecule has 0 heterocycles. The molecule has 0 saturated heterocycles. The predicted octanol–water partition coefficient (Wildman–Crippen LogP) is 5.64. The summed E-state index contributed by atoms with van der Waals surface area (Å²) < 4.78 is 0. The minimum atomic E-state index is 0.764. The third-order valence-electron chi connectivity index (χ3n) is 4.03. The summed E-state index contributed by atoms with van der Waals surface area (Å²) in [5.74, 6) is 1.53. The van der Waals surface area contributed by atoms with Gasteiger partial charge in [0.15, 0.2) is 0 Å². The average molecular weight is 252 g/mol. The number of rotatable bonds is 4. The predicted molar refractivity (Wildman–Crippen MR) is 84.9 cm³/mol. The molecule has 1 atom stereocenters. The number of benzene rings is 1. The lowest BCUT2D eigenvalue weighted by molar-refractivity contribution is 0.423. The summed E-state index contributed by atoms with van der Waals surface area (Å²) in [6, 6.07) is 10.6. The van der Waals surface area contributed by atoms with Crippen LogP contribution in [0.2, 0.25) is 0 Å². The van der Waals surface area contributed by atoms with E-state index >= 15 is 0 Å². The van der Waals surface area contributed by atoms with E-state index in [0.717, 1.165) is 18.3 Å². The standard InChI is InChI=1S/C19H24/c1-15(2)16(3)9-10-17-11-13-19(14-12-17)18-7-5-4-6-8-18/h4-8,10-11,13-16H,9,12H2,1-3H3. The van der Waals surface area contributed by atoms with Crippen LogP contribution in [0.3, 0.4) is 0 Å². The van der Waals surface area contributed by atoms with Crippen molar-refractivity contribution in [3.8, 4) is 0 Å². The van der Waals surface area contributed by atoms with Crippen LogP contribution in [0.25, 0.3) is 5.57 Å². The zero-order chi connectivity index (χ0) is 13.7. The maximum atomic E-state index is 2.40. The summed E-state index contributed by atoms with van der Waals surface area (Å²) >= 11 is 0. The van der Waals surface area contributed by atoms with Gasteiger partial charge in [-0.05, 0) is 41.4 Å². The summed E-state index contributed by atoms with van der Waals surface area (Å²) in [4.78, 5) is 0. The molecule has 0 bridgehead atoms. The molecule has 0 saturated carbocycles. The highest BCUT2D eigenvalue weighted by molar-refractivity contribution is 5.76. The zero-order valence-electron chi connectivity index (χ0n) is 12.3. The van der Waals surface area contributed by atoms with E-state index in [1.54, 1.807) is 0 Å². The highest BCUT2D eigenvalue weighted by atomic mass is 14.1. The molecule has 0 fully saturated rings. The fourth-order valence-corrected chi connectivity index (χ4v) is 2.17. The Morgan fingerprint density at radius 3 is 2.37 bits per heavy atom. The van der Waals surface area contributed by atoms with Crippen molar-refractivity contribution in [1.82, 2.24) is 0 Å². The fraction of sp³-hybridized carbons (Fsp3) is 0.368. The first-order valence-electron chi connectivity index (χ1n) is 7.29. The maximum absolute atomic E-state index is 2.40. The van der Waals surface area contributed by atoms with Crippen molar-refractivity contribution in [2.24, 2.45) is 11.8 Å². The molecule has 0 aromatic heterocycles. The molecule has 1 aliphatic rings. The largest absolute Gasteiger partial charge is 0.0807 e. The molecule has 0 heteroatoms. The Bertz CT molecular complexity index is 486. The summed E-state index contributed by atoms with van der Waals surface area (Å²) in [6.45, 7) is 6.93. The van der Waals surface area contributed by atoms with Crippen LogP contribution in [-0.2, 0) is 0 Å². The first-order chi connectivity index (χ1) is 9.16. The van der Waals surface area contributed by atoms with Crippen LogP contribution in [0.5, 0.6) is 0 Å². The average Bonchev–Trinajstić information content (AvgIpc) is 2.46. The number of allylic oxidation sites excluding steroid dienone is 6. The highest BCUT2D eigenvalue weighted by Gasteiger charge is 2.07. The fourth-order valence-electron chi connectivity index (χ4n) is 2.17. The molecule has 1 aliphatic carbocycles. The van der Waals surface area contributed by atoms with Crippen molar-refractivity contribution in [3.63, 3.8) is 0 Å². The molecule has 0 spiro atoms. The SMILES string of the molecule is CC(C)C(C)CC=C1C=CC(c2ccccc2)=CC1. The molecule has 2 rings (SSSR count). The molecule has 0 nitrogen and oxygen atoms in total. The van der Waals surface area contributed by atoms with E-state index < -0.39 is 0 Å². The minimum absolute atomic E-state index is 0.764. The molecule has 100 valence electrons. The van der Waals surface area contributed by atoms with Gasteiger partial charge in [0, 0.05) is 0 Å². The minimum Gasteiger partial charge on any atom is -0.0807 e. The second-order valence-electron chi connectivity index (χ2n) is 5.80. The van der Waals surface area contributed by atoms with Crippen LogP contribution in [0.1, 0.15) is 39.2 Å². The van der Waals surface area contributed by atoms with Crippen molar-refractivity contribution in [3.05, 3.63) is 65.8 Å². The van der Waals surface area contributed by atoms with Gasteiger partial charge in [-0.15, -0.1) is 0 Å². The van der Waals surface area contributed by atoms with E-state index in [1.807, 2.05) is 0 Å². The normalized spacial score (nSPS) is 18.7. The third-order valence-corrected chi connectivity index (χ3v) is 4.03. The molecule has 1 aromatic carbocycles. The van der Waals surface area contributed by atoms with Crippen molar-refractivity contribution < 1.29 is 0 Å². The van der Waals surface area contributed by atoms with Gasteiger partial charge in [0.05, 0.1) is 0 Å². The van der Waals surface area contributed by atoms with E-state index in [4.69, 9.17) is 0 Å². The van der Waals surface area contributed by atoms with Crippen molar-refractivity contribution in [2.75, 3.05) is 0 Å². The van der Waals surface area contributed by atoms with Gasteiger partial charge in [-0.1, -0.05) is 75.4 Å². The molecule has 0 amide bonds. The monoisotopic (exact) mass is 252 g/mol. The summed E-state index contributed by atoms with van der Waals surface area (Å²) in [5, 5.41) is 0. The van der Waals surface area contributed by atoms with Gasteiger partial charge in [0.1, 0.15) is 0 Å². The molecule has 0 radical (unpaired) electrons. The van der Waals surface area contributed by atoms with Crippen LogP contribution < -0.4 is 0 Å². The van der Waals surface area contributed by atoms with Crippen molar-refractivity contribution in [2.45, 2.75) is 33.6 Å². The van der Waals surface area contributed by atoms with Crippen molar-refractivity contribution >= 4 is 5.57 Å². The van der Waals surface area contributed by atoms with E-state index in [9.17, 15) is 0 Å². The number of hydrogen-bond donors (Lipinski definition) is 0. The van der Waals surface area contributed by atoms with Gasteiger partial charge in [0.25, 0.3) is 0 Å². The van der Waals surface area contributed by atoms with Gasteiger partial charge >= 0.3 is 0 Å². The Morgan fingerprint density at radius 1 is 1.05 bits per heavy atom. The Hall–Kier alpha value is -1.56.